The third kappa shape index (κ3) is 2.93. The van der Waals surface area contributed by atoms with Crippen molar-refractivity contribution in [2.45, 2.75) is 5.92 Å². The molecule has 0 amide bonds. The molecule has 0 fully saturated rings. The molecule has 3 N–H and O–H groups in total. The predicted octanol–water partition coefficient (Wildman–Crippen LogP) is 3.21. The SMILES string of the molecule is COc1cccc(-c2[nH]nc3c2[C@@H](c2ccccc2[N+](=O)[O-])C(C#N)=C(N)O3)c1. The molecule has 0 aliphatic carbocycles. The van der Waals surface area contributed by atoms with Gasteiger partial charge in [0, 0.05) is 17.2 Å². The zero-order valence-electron chi connectivity index (χ0n) is 15.2. The van der Waals surface area contributed by atoms with E-state index in [-0.39, 0.29) is 23.0 Å². The number of nitro groups is 1. The van der Waals surface area contributed by atoms with Gasteiger partial charge in [0.1, 0.15) is 17.4 Å². The molecule has 2 heterocycles. The van der Waals surface area contributed by atoms with E-state index in [9.17, 15) is 15.4 Å². The number of rotatable bonds is 4. The van der Waals surface area contributed by atoms with Crippen molar-refractivity contribution in [3.05, 3.63) is 81.2 Å². The molecule has 144 valence electrons. The summed E-state index contributed by atoms with van der Waals surface area (Å²) in [5, 5.41) is 28.5. The zero-order chi connectivity index (χ0) is 20.5. The van der Waals surface area contributed by atoms with Crippen LogP contribution in [0.2, 0.25) is 0 Å². The maximum atomic E-state index is 11.6. The summed E-state index contributed by atoms with van der Waals surface area (Å²) in [6, 6.07) is 15.5. The first-order chi connectivity index (χ1) is 14.0. The fourth-order valence-electron chi connectivity index (χ4n) is 3.45. The normalized spacial score (nSPS) is 15.2. The number of benzene rings is 2. The minimum absolute atomic E-state index is 0.0809. The van der Waals surface area contributed by atoms with Crippen molar-refractivity contribution in [1.82, 2.24) is 10.2 Å². The lowest BCUT2D eigenvalue weighted by atomic mass is 9.82. The van der Waals surface area contributed by atoms with Crippen molar-refractivity contribution in [3.63, 3.8) is 0 Å². The molecule has 1 aromatic heterocycles. The number of allylic oxidation sites excluding steroid dienone is 1. The summed E-state index contributed by atoms with van der Waals surface area (Å²) in [6.07, 6.45) is 0. The third-order valence-corrected chi connectivity index (χ3v) is 4.74. The Kier molecular flexibility index (Phi) is 4.37. The van der Waals surface area contributed by atoms with Crippen molar-refractivity contribution in [2.75, 3.05) is 7.11 Å². The van der Waals surface area contributed by atoms with Gasteiger partial charge in [0.05, 0.1) is 29.2 Å². The smallest absolute Gasteiger partial charge is 0.273 e. The van der Waals surface area contributed by atoms with E-state index in [4.69, 9.17) is 15.2 Å². The van der Waals surface area contributed by atoms with Crippen LogP contribution in [0.5, 0.6) is 11.6 Å². The Balaban J connectivity index is 1.99. The maximum absolute atomic E-state index is 11.6. The van der Waals surface area contributed by atoms with Crippen molar-refractivity contribution < 1.29 is 14.4 Å². The number of aromatic nitrogens is 2. The van der Waals surface area contributed by atoms with Gasteiger partial charge in [-0.2, -0.15) is 5.26 Å². The highest BCUT2D eigenvalue weighted by Crippen LogP contribution is 2.47. The number of aromatic amines is 1. The quantitative estimate of drug-likeness (QED) is 0.515. The number of hydrogen-bond donors (Lipinski definition) is 2. The minimum Gasteiger partial charge on any atom is -0.497 e. The van der Waals surface area contributed by atoms with E-state index in [1.807, 2.05) is 12.1 Å². The number of para-hydroxylation sites is 1. The number of nitrogens with zero attached hydrogens (tertiary/aromatic N) is 3. The van der Waals surface area contributed by atoms with Crippen LogP contribution in [0.1, 0.15) is 17.0 Å². The van der Waals surface area contributed by atoms with Crippen LogP contribution in [-0.4, -0.2) is 22.2 Å². The first-order valence-electron chi connectivity index (χ1n) is 8.58. The monoisotopic (exact) mass is 389 g/mol. The largest absolute Gasteiger partial charge is 0.497 e. The lowest BCUT2D eigenvalue weighted by Gasteiger charge is -2.24. The van der Waals surface area contributed by atoms with Gasteiger partial charge in [-0.25, -0.2) is 0 Å². The molecule has 0 unspecified atom stereocenters. The molecule has 2 aromatic carbocycles. The number of fused-ring (bicyclic) bond motifs is 1. The molecule has 29 heavy (non-hydrogen) atoms. The molecule has 4 rings (SSSR count). The highest BCUT2D eigenvalue weighted by Gasteiger charge is 2.38. The van der Waals surface area contributed by atoms with Crippen LogP contribution in [0.15, 0.2) is 60.0 Å². The van der Waals surface area contributed by atoms with E-state index < -0.39 is 10.8 Å². The molecule has 1 atom stereocenters. The van der Waals surface area contributed by atoms with Crippen LogP contribution in [0.25, 0.3) is 11.3 Å². The number of nitriles is 1. The van der Waals surface area contributed by atoms with E-state index in [1.165, 1.54) is 6.07 Å². The number of H-pyrrole nitrogens is 1. The molecule has 0 spiro atoms. The molecular weight excluding hydrogens is 374 g/mol. The van der Waals surface area contributed by atoms with E-state index in [0.29, 0.717) is 22.6 Å². The molecule has 9 heteroatoms. The Morgan fingerprint density at radius 3 is 2.83 bits per heavy atom. The van der Waals surface area contributed by atoms with Gasteiger partial charge in [0.25, 0.3) is 5.69 Å². The number of ether oxygens (including phenoxy) is 2. The Morgan fingerprint density at radius 1 is 1.31 bits per heavy atom. The number of hydrogen-bond acceptors (Lipinski definition) is 7. The second kappa shape index (κ2) is 7.01. The summed E-state index contributed by atoms with van der Waals surface area (Å²) in [7, 11) is 1.55. The molecule has 1 aliphatic heterocycles. The average molecular weight is 389 g/mol. The van der Waals surface area contributed by atoms with E-state index in [0.717, 1.165) is 5.56 Å². The number of nitro benzene ring substituents is 1. The molecular formula is C20H15N5O4. The third-order valence-electron chi connectivity index (χ3n) is 4.74. The first kappa shape index (κ1) is 18.1. The van der Waals surface area contributed by atoms with Crippen molar-refractivity contribution in [2.24, 2.45) is 5.73 Å². The first-order valence-corrected chi connectivity index (χ1v) is 8.58. The minimum atomic E-state index is -0.815. The van der Waals surface area contributed by atoms with Crippen LogP contribution >= 0.6 is 0 Å². The van der Waals surface area contributed by atoms with Gasteiger partial charge in [-0.05, 0) is 12.1 Å². The highest BCUT2D eigenvalue weighted by molar-refractivity contribution is 5.72. The van der Waals surface area contributed by atoms with Gasteiger partial charge in [-0.3, -0.25) is 15.2 Å². The summed E-state index contributed by atoms with van der Waals surface area (Å²) >= 11 is 0. The van der Waals surface area contributed by atoms with Crippen molar-refractivity contribution in [1.29, 1.82) is 5.26 Å². The highest BCUT2D eigenvalue weighted by atomic mass is 16.6. The Morgan fingerprint density at radius 2 is 2.10 bits per heavy atom. The fourth-order valence-corrected chi connectivity index (χ4v) is 3.45. The summed E-state index contributed by atoms with van der Waals surface area (Å²) < 4.78 is 10.8. The molecule has 0 saturated heterocycles. The van der Waals surface area contributed by atoms with E-state index in [1.54, 1.807) is 43.5 Å². The molecule has 3 aromatic rings. The number of nitrogens with two attached hydrogens (primary N) is 1. The second-order valence-corrected chi connectivity index (χ2v) is 6.29. The molecule has 0 saturated carbocycles. The Bertz CT molecular complexity index is 1190. The van der Waals surface area contributed by atoms with Gasteiger partial charge in [0.2, 0.25) is 11.8 Å². The number of methoxy groups -OCH3 is 1. The molecule has 1 aliphatic rings. The van der Waals surface area contributed by atoms with Gasteiger partial charge in [-0.1, -0.05) is 30.3 Å². The summed E-state index contributed by atoms with van der Waals surface area (Å²) in [6.45, 7) is 0. The van der Waals surface area contributed by atoms with Crippen molar-refractivity contribution >= 4 is 5.69 Å². The molecule has 0 radical (unpaired) electrons. The fraction of sp³-hybridized carbons (Fsp3) is 0.100. The van der Waals surface area contributed by atoms with Crippen molar-refractivity contribution in [3.8, 4) is 29.0 Å². The van der Waals surface area contributed by atoms with E-state index >= 15 is 0 Å². The Hall–Kier alpha value is -4.32. The lowest BCUT2D eigenvalue weighted by Crippen LogP contribution is -2.21. The van der Waals surface area contributed by atoms with Crippen LogP contribution in [0.3, 0.4) is 0 Å². The average Bonchev–Trinajstić information content (AvgIpc) is 3.16. The predicted molar refractivity (Wildman–Crippen MR) is 103 cm³/mol. The van der Waals surface area contributed by atoms with E-state index in [2.05, 4.69) is 10.2 Å². The molecule has 0 bridgehead atoms. The summed E-state index contributed by atoms with van der Waals surface area (Å²) in [5.74, 6) is -0.153. The Labute approximate surface area is 165 Å². The summed E-state index contributed by atoms with van der Waals surface area (Å²) in [4.78, 5) is 11.1. The topological polar surface area (TPSA) is 140 Å². The van der Waals surface area contributed by atoms with Gasteiger partial charge < -0.3 is 15.2 Å². The molecule has 9 nitrogen and oxygen atoms in total. The van der Waals surface area contributed by atoms with Crippen LogP contribution < -0.4 is 15.2 Å². The number of nitrogens with one attached hydrogen (secondary N) is 1. The van der Waals surface area contributed by atoms with Crippen LogP contribution in [-0.2, 0) is 0 Å². The van der Waals surface area contributed by atoms with Crippen LogP contribution in [0, 0.1) is 21.4 Å². The van der Waals surface area contributed by atoms with Crippen LogP contribution in [0.4, 0.5) is 5.69 Å². The van der Waals surface area contributed by atoms with Gasteiger partial charge in [-0.15, -0.1) is 5.10 Å². The standard InChI is InChI=1S/C20H15N5O4/c1-28-12-6-4-5-11(9-12)18-17-16(13-7-2-3-8-15(13)25(26)27)14(10-21)19(22)29-20(17)24-23-18/h2-9,16H,22H2,1H3,(H,23,24)/t16-/m0/s1. The van der Waals surface area contributed by atoms with Gasteiger partial charge >= 0.3 is 0 Å². The zero-order valence-corrected chi connectivity index (χ0v) is 15.2. The lowest BCUT2D eigenvalue weighted by molar-refractivity contribution is -0.385. The summed E-state index contributed by atoms with van der Waals surface area (Å²) in [5.41, 5.74) is 8.01. The maximum Gasteiger partial charge on any atom is 0.273 e. The second-order valence-electron chi connectivity index (χ2n) is 6.29. The van der Waals surface area contributed by atoms with Gasteiger partial charge in [0.15, 0.2) is 0 Å².